The summed E-state index contributed by atoms with van der Waals surface area (Å²) >= 11 is 7.57. The quantitative estimate of drug-likeness (QED) is 0.620. The first-order chi connectivity index (χ1) is 8.26. The molecule has 1 aromatic carbocycles. The van der Waals surface area contributed by atoms with E-state index in [2.05, 4.69) is 0 Å². The van der Waals surface area contributed by atoms with E-state index < -0.39 is 0 Å². The van der Waals surface area contributed by atoms with Crippen LogP contribution in [-0.4, -0.2) is 35.5 Å². The van der Waals surface area contributed by atoms with Gasteiger partial charge in [0.2, 0.25) is 0 Å². The van der Waals surface area contributed by atoms with Crippen molar-refractivity contribution in [2.45, 2.75) is 23.8 Å². The van der Waals surface area contributed by atoms with Crippen LogP contribution in [-0.2, 0) is 0 Å². The standard InChI is InChI=1S/C13H16ClNOS/c1-17-12-6-4-10(5-7-12)13(16)15-8-2-3-11(15)9-14/h4-7,11H,2-3,8-9H2,1H3. The predicted molar refractivity (Wildman–Crippen MR) is 73.0 cm³/mol. The molecule has 0 saturated carbocycles. The van der Waals surface area contributed by atoms with Gasteiger partial charge in [0.25, 0.3) is 5.91 Å². The Morgan fingerprint density at radius 2 is 2.18 bits per heavy atom. The van der Waals surface area contributed by atoms with Crippen LogP contribution in [0.25, 0.3) is 0 Å². The van der Waals surface area contributed by atoms with Crippen LogP contribution in [0, 0.1) is 0 Å². The number of nitrogens with zero attached hydrogens (tertiary/aromatic N) is 1. The second kappa shape index (κ2) is 5.78. The number of alkyl halides is 1. The maximum absolute atomic E-state index is 12.3. The van der Waals surface area contributed by atoms with E-state index in [1.54, 1.807) is 11.8 Å². The van der Waals surface area contributed by atoms with Gasteiger partial charge in [-0.3, -0.25) is 4.79 Å². The van der Waals surface area contributed by atoms with Crippen molar-refractivity contribution in [3.05, 3.63) is 29.8 Å². The molecule has 4 heteroatoms. The maximum Gasteiger partial charge on any atom is 0.254 e. The van der Waals surface area contributed by atoms with Gasteiger partial charge in [-0.2, -0.15) is 0 Å². The lowest BCUT2D eigenvalue weighted by molar-refractivity contribution is 0.0749. The van der Waals surface area contributed by atoms with E-state index in [4.69, 9.17) is 11.6 Å². The number of halogens is 1. The molecular weight excluding hydrogens is 254 g/mol. The van der Waals surface area contributed by atoms with Crippen molar-refractivity contribution in [1.29, 1.82) is 0 Å². The molecule has 17 heavy (non-hydrogen) atoms. The summed E-state index contributed by atoms with van der Waals surface area (Å²) < 4.78 is 0. The first-order valence-electron chi connectivity index (χ1n) is 5.77. The van der Waals surface area contributed by atoms with Crippen LogP contribution in [0.4, 0.5) is 0 Å². The molecule has 92 valence electrons. The fourth-order valence-electron chi connectivity index (χ4n) is 2.16. The van der Waals surface area contributed by atoms with Crippen molar-refractivity contribution < 1.29 is 4.79 Å². The second-order valence-corrected chi connectivity index (χ2v) is 5.37. The van der Waals surface area contributed by atoms with Crippen molar-refractivity contribution in [2.24, 2.45) is 0 Å². The summed E-state index contributed by atoms with van der Waals surface area (Å²) in [6, 6.07) is 7.99. The topological polar surface area (TPSA) is 20.3 Å². The maximum atomic E-state index is 12.3. The van der Waals surface area contributed by atoms with Crippen molar-refractivity contribution in [1.82, 2.24) is 4.90 Å². The molecular formula is C13H16ClNOS. The normalized spacial score (nSPS) is 19.6. The van der Waals surface area contributed by atoms with Crippen LogP contribution < -0.4 is 0 Å². The molecule has 1 unspecified atom stereocenters. The van der Waals surface area contributed by atoms with Crippen molar-refractivity contribution in [3.8, 4) is 0 Å². The lowest BCUT2D eigenvalue weighted by atomic mass is 10.2. The zero-order chi connectivity index (χ0) is 12.3. The van der Waals surface area contributed by atoms with Gasteiger partial charge in [0, 0.05) is 28.9 Å². The molecule has 1 saturated heterocycles. The molecule has 1 heterocycles. The van der Waals surface area contributed by atoms with Gasteiger partial charge in [-0.25, -0.2) is 0 Å². The number of hydrogen-bond acceptors (Lipinski definition) is 2. The number of carbonyl (C=O) groups excluding carboxylic acids is 1. The highest BCUT2D eigenvalue weighted by Crippen LogP contribution is 2.22. The molecule has 0 radical (unpaired) electrons. The van der Waals surface area contributed by atoms with Gasteiger partial charge in [0.15, 0.2) is 0 Å². The summed E-state index contributed by atoms with van der Waals surface area (Å²) in [5, 5.41) is 0. The van der Waals surface area contributed by atoms with Crippen molar-refractivity contribution in [3.63, 3.8) is 0 Å². The Bertz CT molecular complexity index is 393. The highest BCUT2D eigenvalue weighted by atomic mass is 35.5. The number of rotatable bonds is 3. The number of carbonyl (C=O) groups is 1. The van der Waals surface area contributed by atoms with Gasteiger partial charge < -0.3 is 4.90 Å². The van der Waals surface area contributed by atoms with Crippen LogP contribution >= 0.6 is 23.4 Å². The summed E-state index contributed by atoms with van der Waals surface area (Å²) in [4.78, 5) is 15.4. The van der Waals surface area contributed by atoms with E-state index in [9.17, 15) is 4.79 Å². The SMILES string of the molecule is CSc1ccc(C(=O)N2CCCC2CCl)cc1. The lowest BCUT2D eigenvalue weighted by Crippen LogP contribution is -2.36. The average molecular weight is 270 g/mol. The monoisotopic (exact) mass is 269 g/mol. The zero-order valence-corrected chi connectivity index (χ0v) is 11.4. The Labute approximate surface area is 111 Å². The number of hydrogen-bond donors (Lipinski definition) is 0. The molecule has 0 N–H and O–H groups in total. The largest absolute Gasteiger partial charge is 0.334 e. The molecule has 0 spiro atoms. The third-order valence-corrected chi connectivity index (χ3v) is 4.25. The van der Waals surface area contributed by atoms with Gasteiger partial charge in [-0.05, 0) is 43.4 Å². The molecule has 0 aromatic heterocycles. The van der Waals surface area contributed by atoms with E-state index in [0.29, 0.717) is 5.88 Å². The van der Waals surface area contributed by atoms with Crippen LogP contribution in [0.2, 0.25) is 0 Å². The van der Waals surface area contributed by atoms with Gasteiger partial charge >= 0.3 is 0 Å². The Morgan fingerprint density at radius 3 is 2.76 bits per heavy atom. The third-order valence-electron chi connectivity index (χ3n) is 3.15. The lowest BCUT2D eigenvalue weighted by Gasteiger charge is -2.23. The molecule has 2 rings (SSSR count). The van der Waals surface area contributed by atoms with Gasteiger partial charge in [-0.1, -0.05) is 0 Å². The second-order valence-electron chi connectivity index (χ2n) is 4.18. The molecule has 2 nitrogen and oxygen atoms in total. The minimum absolute atomic E-state index is 0.112. The first-order valence-corrected chi connectivity index (χ1v) is 7.53. The fraction of sp³-hybridized carbons (Fsp3) is 0.462. The molecule has 1 fully saturated rings. The molecule has 0 aliphatic carbocycles. The fourth-order valence-corrected chi connectivity index (χ4v) is 2.89. The summed E-state index contributed by atoms with van der Waals surface area (Å²) in [5.74, 6) is 0.648. The number of benzene rings is 1. The van der Waals surface area contributed by atoms with Gasteiger partial charge in [0.05, 0.1) is 0 Å². The summed E-state index contributed by atoms with van der Waals surface area (Å²) in [6.07, 6.45) is 4.12. The molecule has 1 aromatic rings. The highest BCUT2D eigenvalue weighted by Gasteiger charge is 2.28. The van der Waals surface area contributed by atoms with E-state index in [-0.39, 0.29) is 11.9 Å². The molecule has 0 bridgehead atoms. The van der Waals surface area contributed by atoms with Crippen LogP contribution in [0.5, 0.6) is 0 Å². The van der Waals surface area contributed by atoms with Crippen LogP contribution in [0.15, 0.2) is 29.2 Å². The Balaban J connectivity index is 2.13. The van der Waals surface area contributed by atoms with Crippen LogP contribution in [0.3, 0.4) is 0 Å². The molecule has 1 atom stereocenters. The van der Waals surface area contributed by atoms with E-state index in [1.807, 2.05) is 35.4 Å². The Kier molecular flexibility index (Phi) is 4.35. The Morgan fingerprint density at radius 1 is 1.47 bits per heavy atom. The zero-order valence-electron chi connectivity index (χ0n) is 9.86. The van der Waals surface area contributed by atoms with E-state index >= 15 is 0 Å². The smallest absolute Gasteiger partial charge is 0.254 e. The molecule has 1 aliphatic heterocycles. The summed E-state index contributed by atoms with van der Waals surface area (Å²) in [7, 11) is 0. The minimum atomic E-state index is 0.112. The first kappa shape index (κ1) is 12.8. The van der Waals surface area contributed by atoms with Crippen LogP contribution in [0.1, 0.15) is 23.2 Å². The van der Waals surface area contributed by atoms with Crippen molar-refractivity contribution in [2.75, 3.05) is 18.7 Å². The van der Waals surface area contributed by atoms with Gasteiger partial charge in [-0.15, -0.1) is 23.4 Å². The minimum Gasteiger partial charge on any atom is -0.334 e. The van der Waals surface area contributed by atoms with Gasteiger partial charge in [0.1, 0.15) is 0 Å². The van der Waals surface area contributed by atoms with Crippen molar-refractivity contribution >= 4 is 29.3 Å². The van der Waals surface area contributed by atoms with E-state index in [0.717, 1.165) is 24.9 Å². The molecule has 1 aliphatic rings. The molecule has 1 amide bonds. The Hall–Kier alpha value is -0.670. The summed E-state index contributed by atoms with van der Waals surface area (Å²) in [5.41, 5.74) is 0.764. The average Bonchev–Trinajstić information content (AvgIpc) is 2.86. The number of thioether (sulfide) groups is 1. The number of amides is 1. The predicted octanol–water partition coefficient (Wildman–Crippen LogP) is 3.25. The third kappa shape index (κ3) is 2.78. The summed E-state index contributed by atoms with van der Waals surface area (Å²) in [6.45, 7) is 0.834. The highest BCUT2D eigenvalue weighted by molar-refractivity contribution is 7.98. The van der Waals surface area contributed by atoms with E-state index in [1.165, 1.54) is 4.90 Å². The number of likely N-dealkylation sites (tertiary alicyclic amines) is 1.